The second-order valence-corrected chi connectivity index (χ2v) is 8.70. The van der Waals surface area contributed by atoms with Gasteiger partial charge in [0.2, 0.25) is 10.0 Å². The van der Waals surface area contributed by atoms with Crippen LogP contribution in [-0.2, 0) is 16.4 Å². The number of hydrogen-bond donors (Lipinski definition) is 2. The molecule has 1 aromatic carbocycles. The maximum absolute atomic E-state index is 11.3. The molecule has 1 fully saturated rings. The molecule has 7 heteroatoms. The highest BCUT2D eigenvalue weighted by atomic mass is 32.2. The maximum Gasteiger partial charge on any atom is 0.238 e. The molecule has 1 aliphatic heterocycles. The summed E-state index contributed by atoms with van der Waals surface area (Å²) in [5.74, 6) is 2.44. The van der Waals surface area contributed by atoms with Gasteiger partial charge in [0.05, 0.1) is 4.90 Å². The van der Waals surface area contributed by atoms with Gasteiger partial charge >= 0.3 is 0 Å². The highest BCUT2D eigenvalue weighted by molar-refractivity contribution is 7.89. The number of nitrogens with two attached hydrogens (primary N) is 1. The zero-order valence-corrected chi connectivity index (χ0v) is 16.2. The molecule has 140 valence electrons. The van der Waals surface area contributed by atoms with E-state index >= 15 is 0 Å². The number of hydrogen-bond acceptors (Lipinski definition) is 3. The molecule has 1 heterocycles. The van der Waals surface area contributed by atoms with Crippen molar-refractivity contribution in [3.8, 4) is 0 Å². The van der Waals surface area contributed by atoms with Gasteiger partial charge in [-0.2, -0.15) is 0 Å². The van der Waals surface area contributed by atoms with Gasteiger partial charge in [0.15, 0.2) is 5.96 Å². The molecule has 0 amide bonds. The molecule has 1 saturated heterocycles. The molecule has 2 rings (SSSR count). The van der Waals surface area contributed by atoms with Gasteiger partial charge in [-0.15, -0.1) is 0 Å². The minimum Gasteiger partial charge on any atom is -0.356 e. The summed E-state index contributed by atoms with van der Waals surface area (Å²) in [6, 6.07) is 6.71. The molecule has 1 aliphatic rings. The van der Waals surface area contributed by atoms with E-state index in [1.807, 2.05) is 7.05 Å². The lowest BCUT2D eigenvalue weighted by Gasteiger charge is -2.22. The highest BCUT2D eigenvalue weighted by Crippen LogP contribution is 2.23. The Bertz CT molecular complexity index is 684. The maximum atomic E-state index is 11.3. The van der Waals surface area contributed by atoms with E-state index in [9.17, 15) is 8.42 Å². The van der Waals surface area contributed by atoms with Crippen LogP contribution in [0.15, 0.2) is 34.2 Å². The van der Waals surface area contributed by atoms with Crippen molar-refractivity contribution in [3.63, 3.8) is 0 Å². The van der Waals surface area contributed by atoms with Crippen molar-refractivity contribution in [2.24, 2.45) is 22.0 Å². The molecule has 0 bridgehead atoms. The van der Waals surface area contributed by atoms with Gasteiger partial charge < -0.3 is 10.2 Å². The van der Waals surface area contributed by atoms with Gasteiger partial charge in [-0.05, 0) is 48.8 Å². The first-order valence-electron chi connectivity index (χ1n) is 8.87. The molecular weight excluding hydrogens is 336 g/mol. The summed E-state index contributed by atoms with van der Waals surface area (Å²) >= 11 is 0. The van der Waals surface area contributed by atoms with Crippen molar-refractivity contribution in [3.05, 3.63) is 29.8 Å². The van der Waals surface area contributed by atoms with Crippen LogP contribution in [0.4, 0.5) is 0 Å². The number of guanidine groups is 1. The van der Waals surface area contributed by atoms with Crippen molar-refractivity contribution >= 4 is 16.0 Å². The zero-order valence-electron chi connectivity index (χ0n) is 15.4. The molecule has 6 nitrogen and oxygen atoms in total. The SMILES string of the molecule is CN=C(NCCc1ccc(S(N)(=O)=O)cc1)N1CCC(CC(C)C)C1. The van der Waals surface area contributed by atoms with E-state index in [4.69, 9.17) is 5.14 Å². The molecule has 0 spiro atoms. The zero-order chi connectivity index (χ0) is 18.4. The van der Waals surface area contributed by atoms with Gasteiger partial charge in [-0.3, -0.25) is 4.99 Å². The first-order valence-corrected chi connectivity index (χ1v) is 10.4. The summed E-state index contributed by atoms with van der Waals surface area (Å²) in [7, 11) is -1.81. The summed E-state index contributed by atoms with van der Waals surface area (Å²) in [5, 5.41) is 8.53. The highest BCUT2D eigenvalue weighted by Gasteiger charge is 2.25. The number of nitrogens with zero attached hydrogens (tertiary/aromatic N) is 2. The number of rotatable bonds is 6. The molecule has 0 aliphatic carbocycles. The summed E-state index contributed by atoms with van der Waals surface area (Å²) in [5.41, 5.74) is 1.06. The first-order chi connectivity index (χ1) is 11.8. The quantitative estimate of drug-likeness (QED) is 0.594. The van der Waals surface area contributed by atoms with Crippen LogP contribution >= 0.6 is 0 Å². The minimum absolute atomic E-state index is 0.147. The Morgan fingerprint density at radius 2 is 2.04 bits per heavy atom. The number of primary sulfonamides is 1. The Kier molecular flexibility index (Phi) is 6.84. The molecule has 25 heavy (non-hydrogen) atoms. The normalized spacial score (nSPS) is 18.8. The number of likely N-dealkylation sites (tertiary alicyclic amines) is 1. The van der Waals surface area contributed by atoms with E-state index in [1.165, 1.54) is 12.8 Å². The van der Waals surface area contributed by atoms with Gasteiger partial charge in [0, 0.05) is 26.7 Å². The lowest BCUT2D eigenvalue weighted by molar-refractivity contribution is 0.404. The topological polar surface area (TPSA) is 87.8 Å². The Morgan fingerprint density at radius 1 is 1.36 bits per heavy atom. The average Bonchev–Trinajstić information content (AvgIpc) is 2.98. The number of aliphatic imine (C=N–C) groups is 1. The van der Waals surface area contributed by atoms with Crippen molar-refractivity contribution in [1.82, 2.24) is 10.2 Å². The average molecular weight is 367 g/mol. The van der Waals surface area contributed by atoms with Gasteiger partial charge in [-0.1, -0.05) is 26.0 Å². The van der Waals surface area contributed by atoms with E-state index in [1.54, 1.807) is 24.3 Å². The van der Waals surface area contributed by atoms with Gasteiger partial charge in [-0.25, -0.2) is 13.6 Å². The Hall–Kier alpha value is -1.60. The fraction of sp³-hybridized carbons (Fsp3) is 0.611. The second kappa shape index (κ2) is 8.67. The molecule has 0 radical (unpaired) electrons. The monoisotopic (exact) mass is 366 g/mol. The molecule has 0 saturated carbocycles. The summed E-state index contributed by atoms with van der Waals surface area (Å²) in [4.78, 5) is 6.87. The minimum atomic E-state index is -3.62. The summed E-state index contributed by atoms with van der Waals surface area (Å²) in [6.07, 6.45) is 3.30. The molecule has 0 aromatic heterocycles. The number of nitrogens with one attached hydrogen (secondary N) is 1. The Balaban J connectivity index is 1.82. The van der Waals surface area contributed by atoms with E-state index in [2.05, 4.69) is 29.1 Å². The number of sulfonamides is 1. The van der Waals surface area contributed by atoms with E-state index in [-0.39, 0.29) is 4.90 Å². The smallest absolute Gasteiger partial charge is 0.238 e. The fourth-order valence-corrected chi connectivity index (χ4v) is 3.90. The van der Waals surface area contributed by atoms with Crippen LogP contribution in [0.3, 0.4) is 0 Å². The predicted octanol–water partition coefficient (Wildman–Crippen LogP) is 1.82. The summed E-state index contributed by atoms with van der Waals surface area (Å²) in [6.45, 7) is 7.43. The van der Waals surface area contributed by atoms with Crippen molar-refractivity contribution < 1.29 is 8.42 Å². The lowest BCUT2D eigenvalue weighted by Crippen LogP contribution is -2.40. The molecule has 3 N–H and O–H groups in total. The van der Waals surface area contributed by atoms with Crippen LogP contribution in [0.5, 0.6) is 0 Å². The van der Waals surface area contributed by atoms with Crippen LogP contribution in [0.25, 0.3) is 0 Å². The van der Waals surface area contributed by atoms with Crippen LogP contribution in [-0.4, -0.2) is 46.0 Å². The standard InChI is InChI=1S/C18H30N4O2S/c1-14(2)12-16-9-11-22(13-16)18(20-3)21-10-8-15-4-6-17(7-5-15)25(19,23)24/h4-7,14,16H,8-13H2,1-3H3,(H,20,21)(H2,19,23,24). The molecular formula is C18H30N4O2S. The van der Waals surface area contributed by atoms with E-state index in [0.29, 0.717) is 0 Å². The largest absolute Gasteiger partial charge is 0.356 e. The van der Waals surface area contributed by atoms with E-state index < -0.39 is 10.0 Å². The molecule has 1 aromatic rings. The van der Waals surface area contributed by atoms with Crippen LogP contribution in [0.2, 0.25) is 0 Å². The van der Waals surface area contributed by atoms with E-state index in [0.717, 1.165) is 49.4 Å². The lowest BCUT2D eigenvalue weighted by atomic mass is 9.97. The van der Waals surface area contributed by atoms with Crippen LogP contribution in [0, 0.1) is 11.8 Å². The van der Waals surface area contributed by atoms with Crippen molar-refractivity contribution in [2.45, 2.75) is 38.0 Å². The van der Waals surface area contributed by atoms with Gasteiger partial charge in [0.1, 0.15) is 0 Å². The molecule has 1 atom stereocenters. The second-order valence-electron chi connectivity index (χ2n) is 7.14. The fourth-order valence-electron chi connectivity index (χ4n) is 3.38. The Morgan fingerprint density at radius 3 is 2.60 bits per heavy atom. The van der Waals surface area contributed by atoms with Crippen LogP contribution in [0.1, 0.15) is 32.3 Å². The Labute approximate surface area is 151 Å². The third-order valence-electron chi connectivity index (χ3n) is 4.55. The third kappa shape index (κ3) is 6.01. The molecule has 1 unspecified atom stereocenters. The van der Waals surface area contributed by atoms with Crippen molar-refractivity contribution in [2.75, 3.05) is 26.7 Å². The summed E-state index contributed by atoms with van der Waals surface area (Å²) < 4.78 is 22.5. The number of benzene rings is 1. The van der Waals surface area contributed by atoms with Crippen molar-refractivity contribution in [1.29, 1.82) is 0 Å². The van der Waals surface area contributed by atoms with Crippen LogP contribution < -0.4 is 10.5 Å². The predicted molar refractivity (Wildman–Crippen MR) is 102 cm³/mol. The first kappa shape index (κ1) is 19.7. The van der Waals surface area contributed by atoms with Gasteiger partial charge in [0.25, 0.3) is 0 Å². The third-order valence-corrected chi connectivity index (χ3v) is 5.48.